The third-order valence-corrected chi connectivity index (χ3v) is 6.42. The first-order valence-corrected chi connectivity index (χ1v) is 9.08. The predicted octanol–water partition coefficient (Wildman–Crippen LogP) is 4.54. The zero-order chi connectivity index (χ0) is 18.5. The lowest BCUT2D eigenvalue weighted by Gasteiger charge is -2.47. The minimum Gasteiger partial charge on any atom is -0.507 e. The minimum absolute atomic E-state index is 0.156. The van der Waals surface area contributed by atoms with Gasteiger partial charge in [0.05, 0.1) is 7.11 Å². The van der Waals surface area contributed by atoms with Gasteiger partial charge in [0.25, 0.3) is 0 Å². The smallest absolute Gasteiger partial charge is 0.331 e. The van der Waals surface area contributed by atoms with E-state index in [1.807, 2.05) is 6.92 Å². The van der Waals surface area contributed by atoms with Gasteiger partial charge < -0.3 is 14.9 Å². The molecule has 0 saturated carbocycles. The van der Waals surface area contributed by atoms with Crippen molar-refractivity contribution in [2.45, 2.75) is 64.7 Å². The maximum atomic E-state index is 11.5. The second-order valence-electron chi connectivity index (χ2n) is 8.00. The summed E-state index contributed by atoms with van der Waals surface area (Å²) < 4.78 is 5.60. The van der Waals surface area contributed by atoms with Crippen molar-refractivity contribution < 1.29 is 19.7 Å². The zero-order valence-electron chi connectivity index (χ0n) is 15.8. The van der Waals surface area contributed by atoms with Crippen LogP contribution in [0.5, 0.6) is 11.5 Å². The molecule has 1 aromatic carbocycles. The van der Waals surface area contributed by atoms with Crippen LogP contribution in [0.2, 0.25) is 0 Å². The number of hydrogen-bond donors (Lipinski definition) is 2. The number of fused-ring (bicyclic) bond motifs is 3. The van der Waals surface area contributed by atoms with Gasteiger partial charge in [-0.3, -0.25) is 0 Å². The molecule has 0 saturated heterocycles. The van der Waals surface area contributed by atoms with Crippen LogP contribution in [-0.4, -0.2) is 23.3 Å². The highest BCUT2D eigenvalue weighted by molar-refractivity contribution is 5.88. The molecule has 3 rings (SSSR count). The first-order chi connectivity index (χ1) is 11.7. The SMILES string of the molecule is COc1cc2c(c(O)c1C(C)C)CC[C@H]1C(C)=C(C(=O)O)CC[C@]21C. The van der Waals surface area contributed by atoms with Gasteiger partial charge >= 0.3 is 5.97 Å². The standard InChI is InChI=1S/C21H28O4/c1-11(2)18-17(25-5)10-16-14(19(18)22)6-7-15-12(3)13(20(23)24)8-9-21(15,16)4/h10-11,15,22H,6-9H2,1-5H3,(H,23,24)/t15-,21-/m0/s1. The van der Waals surface area contributed by atoms with Gasteiger partial charge in [-0.1, -0.05) is 26.3 Å². The minimum atomic E-state index is -0.791. The van der Waals surface area contributed by atoms with E-state index in [0.29, 0.717) is 17.7 Å². The lowest BCUT2D eigenvalue weighted by atomic mass is 9.56. The van der Waals surface area contributed by atoms with Gasteiger partial charge in [-0.2, -0.15) is 0 Å². The van der Waals surface area contributed by atoms with Crippen molar-refractivity contribution in [1.29, 1.82) is 0 Å². The van der Waals surface area contributed by atoms with Crippen LogP contribution in [0.15, 0.2) is 17.2 Å². The first-order valence-electron chi connectivity index (χ1n) is 9.08. The van der Waals surface area contributed by atoms with E-state index in [1.165, 1.54) is 0 Å². The summed E-state index contributed by atoms with van der Waals surface area (Å²) in [6.45, 7) is 8.30. The van der Waals surface area contributed by atoms with E-state index in [2.05, 4.69) is 26.8 Å². The number of hydrogen-bond acceptors (Lipinski definition) is 3. The molecular formula is C21H28O4. The van der Waals surface area contributed by atoms with Crippen LogP contribution in [0.3, 0.4) is 0 Å². The summed E-state index contributed by atoms with van der Waals surface area (Å²) in [6.07, 6.45) is 3.01. The monoisotopic (exact) mass is 344 g/mol. The molecule has 0 spiro atoms. The predicted molar refractivity (Wildman–Crippen MR) is 97.5 cm³/mol. The Morgan fingerprint density at radius 1 is 1.36 bits per heavy atom. The molecule has 0 heterocycles. The van der Waals surface area contributed by atoms with Crippen LogP contribution in [-0.2, 0) is 16.6 Å². The molecule has 4 nitrogen and oxygen atoms in total. The van der Waals surface area contributed by atoms with Crippen molar-refractivity contribution in [3.63, 3.8) is 0 Å². The van der Waals surface area contributed by atoms with Crippen LogP contribution < -0.4 is 4.74 Å². The number of carboxylic acids is 1. The van der Waals surface area contributed by atoms with E-state index >= 15 is 0 Å². The topological polar surface area (TPSA) is 66.8 Å². The highest BCUT2D eigenvalue weighted by Gasteiger charge is 2.46. The van der Waals surface area contributed by atoms with E-state index in [-0.39, 0.29) is 17.3 Å². The third kappa shape index (κ3) is 2.54. The van der Waals surface area contributed by atoms with Crippen molar-refractivity contribution in [1.82, 2.24) is 0 Å². The van der Waals surface area contributed by atoms with Crippen molar-refractivity contribution in [3.8, 4) is 11.5 Å². The lowest BCUT2D eigenvalue weighted by molar-refractivity contribution is -0.133. The Labute approximate surface area is 149 Å². The molecule has 25 heavy (non-hydrogen) atoms. The van der Waals surface area contributed by atoms with Crippen LogP contribution in [0.4, 0.5) is 0 Å². The van der Waals surface area contributed by atoms with E-state index in [0.717, 1.165) is 47.3 Å². The maximum absolute atomic E-state index is 11.5. The van der Waals surface area contributed by atoms with Crippen molar-refractivity contribution >= 4 is 5.97 Å². The van der Waals surface area contributed by atoms with Crippen LogP contribution in [0.25, 0.3) is 0 Å². The molecule has 0 aliphatic heterocycles. The van der Waals surface area contributed by atoms with Crippen molar-refractivity contribution in [3.05, 3.63) is 33.9 Å². The number of allylic oxidation sites excluding steroid dienone is 1. The number of aliphatic carboxylic acids is 1. The fourth-order valence-corrected chi connectivity index (χ4v) is 5.06. The summed E-state index contributed by atoms with van der Waals surface area (Å²) >= 11 is 0. The van der Waals surface area contributed by atoms with Crippen LogP contribution in [0.1, 0.15) is 69.6 Å². The number of methoxy groups -OCH3 is 1. The van der Waals surface area contributed by atoms with Gasteiger partial charge in [-0.15, -0.1) is 0 Å². The molecule has 1 aromatic rings. The quantitative estimate of drug-likeness (QED) is 0.845. The van der Waals surface area contributed by atoms with E-state index in [1.54, 1.807) is 7.11 Å². The number of carbonyl (C=O) groups is 1. The van der Waals surface area contributed by atoms with Gasteiger partial charge in [-0.05, 0) is 67.1 Å². The summed E-state index contributed by atoms with van der Waals surface area (Å²) in [5, 5.41) is 20.4. The Morgan fingerprint density at radius 3 is 2.60 bits per heavy atom. The molecule has 2 N–H and O–H groups in total. The number of aromatic hydroxyl groups is 1. The number of carboxylic acid groups (broad SMARTS) is 1. The molecule has 0 bridgehead atoms. The van der Waals surface area contributed by atoms with Crippen LogP contribution >= 0.6 is 0 Å². The van der Waals surface area contributed by atoms with Gasteiger partial charge in [0.15, 0.2) is 0 Å². The molecule has 0 amide bonds. The highest BCUT2D eigenvalue weighted by Crippen LogP contribution is 2.55. The van der Waals surface area contributed by atoms with Crippen LogP contribution in [0, 0.1) is 5.92 Å². The van der Waals surface area contributed by atoms with E-state index in [9.17, 15) is 15.0 Å². The molecule has 136 valence electrons. The Morgan fingerprint density at radius 2 is 2.04 bits per heavy atom. The summed E-state index contributed by atoms with van der Waals surface area (Å²) in [7, 11) is 1.64. The Balaban J connectivity index is 2.20. The van der Waals surface area contributed by atoms with Crippen molar-refractivity contribution in [2.75, 3.05) is 7.11 Å². The Bertz CT molecular complexity index is 760. The highest BCUT2D eigenvalue weighted by atomic mass is 16.5. The number of phenols is 1. The zero-order valence-corrected chi connectivity index (χ0v) is 15.8. The number of ether oxygens (including phenoxy) is 1. The fourth-order valence-electron chi connectivity index (χ4n) is 5.06. The Kier molecular flexibility index (Phi) is 4.34. The molecule has 0 unspecified atom stereocenters. The molecular weight excluding hydrogens is 316 g/mol. The van der Waals surface area contributed by atoms with Gasteiger partial charge in [0, 0.05) is 11.1 Å². The molecule has 2 aliphatic rings. The second kappa shape index (κ2) is 6.08. The molecule has 0 aromatic heterocycles. The number of benzene rings is 1. The summed E-state index contributed by atoms with van der Waals surface area (Å²) in [5.74, 6) is 0.695. The average Bonchev–Trinajstić information content (AvgIpc) is 2.54. The maximum Gasteiger partial charge on any atom is 0.331 e. The third-order valence-electron chi connectivity index (χ3n) is 6.42. The molecule has 0 fully saturated rings. The van der Waals surface area contributed by atoms with E-state index < -0.39 is 5.97 Å². The molecule has 2 atom stereocenters. The fraction of sp³-hybridized carbons (Fsp3) is 0.571. The van der Waals surface area contributed by atoms with Crippen molar-refractivity contribution in [2.24, 2.45) is 5.92 Å². The second-order valence-corrected chi connectivity index (χ2v) is 8.00. The number of rotatable bonds is 3. The van der Waals surface area contributed by atoms with Gasteiger partial charge in [-0.25, -0.2) is 4.79 Å². The largest absolute Gasteiger partial charge is 0.507 e. The number of phenolic OH excluding ortho intramolecular Hbond substituents is 1. The molecule has 2 aliphatic carbocycles. The molecule has 0 radical (unpaired) electrons. The average molecular weight is 344 g/mol. The normalized spacial score (nSPS) is 25.6. The summed E-state index contributed by atoms with van der Waals surface area (Å²) in [4.78, 5) is 11.5. The first kappa shape index (κ1) is 17.8. The molecule has 4 heteroatoms. The van der Waals surface area contributed by atoms with Gasteiger partial charge in [0.2, 0.25) is 0 Å². The lowest BCUT2D eigenvalue weighted by Crippen LogP contribution is -2.41. The Hall–Kier alpha value is -1.97. The van der Waals surface area contributed by atoms with Gasteiger partial charge in [0.1, 0.15) is 11.5 Å². The summed E-state index contributed by atoms with van der Waals surface area (Å²) in [6, 6.07) is 2.09. The van der Waals surface area contributed by atoms with E-state index in [4.69, 9.17) is 4.74 Å². The summed E-state index contributed by atoms with van der Waals surface area (Å²) in [5.41, 5.74) is 4.44.